The van der Waals surface area contributed by atoms with E-state index in [4.69, 9.17) is 4.74 Å². The molecule has 0 radical (unpaired) electrons. The first-order valence-corrected chi connectivity index (χ1v) is 10.0. The van der Waals surface area contributed by atoms with Gasteiger partial charge in [-0.3, -0.25) is 0 Å². The summed E-state index contributed by atoms with van der Waals surface area (Å²) in [7, 11) is -3.55. The molecule has 7 nitrogen and oxygen atoms in total. The minimum absolute atomic E-state index is 0.0516. The maximum absolute atomic E-state index is 12.2. The summed E-state index contributed by atoms with van der Waals surface area (Å²) < 4.78 is 33.3. The second-order valence-electron chi connectivity index (χ2n) is 4.81. The smallest absolute Gasteiger partial charge is 0.250 e. The quantitative estimate of drug-likeness (QED) is 0.793. The van der Waals surface area contributed by atoms with Gasteiger partial charge in [-0.15, -0.1) is 11.3 Å². The molecule has 23 heavy (non-hydrogen) atoms. The first kappa shape index (κ1) is 16.8. The van der Waals surface area contributed by atoms with Gasteiger partial charge in [-0.05, 0) is 34.1 Å². The molecule has 0 unspecified atom stereocenters. The van der Waals surface area contributed by atoms with Crippen molar-refractivity contribution in [2.45, 2.75) is 10.8 Å². The molecule has 0 aromatic carbocycles. The van der Waals surface area contributed by atoms with Crippen LogP contribution < -0.4 is 9.62 Å². The molecule has 2 aromatic rings. The second-order valence-corrected chi connectivity index (χ2v) is 9.27. The molecule has 0 aliphatic carbocycles. The van der Waals surface area contributed by atoms with E-state index in [1.165, 1.54) is 0 Å². The second kappa shape index (κ2) is 7.22. The summed E-state index contributed by atoms with van der Waals surface area (Å²) in [6.07, 6.45) is 1.64. The Morgan fingerprint density at radius 1 is 1.30 bits per heavy atom. The molecule has 124 valence electrons. The minimum atomic E-state index is -3.55. The van der Waals surface area contributed by atoms with Crippen LogP contribution in [0.25, 0.3) is 0 Å². The van der Waals surface area contributed by atoms with E-state index in [1.54, 1.807) is 18.3 Å². The Hall–Kier alpha value is -1.07. The summed E-state index contributed by atoms with van der Waals surface area (Å²) in [6.45, 7) is 2.92. The van der Waals surface area contributed by atoms with E-state index in [9.17, 15) is 8.42 Å². The van der Waals surface area contributed by atoms with E-state index in [0.717, 1.165) is 34.0 Å². The Bertz CT molecular complexity index is 775. The lowest BCUT2D eigenvalue weighted by Crippen LogP contribution is -2.37. The Labute approximate surface area is 146 Å². The average Bonchev–Trinajstić information content (AvgIpc) is 3.02. The molecule has 3 rings (SSSR count). The zero-order valence-corrected chi connectivity index (χ0v) is 15.3. The molecule has 2 aromatic heterocycles. The molecule has 3 heterocycles. The summed E-state index contributed by atoms with van der Waals surface area (Å²) in [4.78, 5) is 10.7. The molecule has 1 aliphatic heterocycles. The fourth-order valence-electron chi connectivity index (χ4n) is 2.11. The van der Waals surface area contributed by atoms with Gasteiger partial charge in [-0.25, -0.2) is 23.1 Å². The number of thiophene rings is 1. The van der Waals surface area contributed by atoms with Gasteiger partial charge in [0, 0.05) is 19.3 Å². The number of nitrogens with one attached hydrogen (secondary N) is 1. The highest BCUT2D eigenvalue weighted by molar-refractivity contribution is 9.11. The molecule has 1 fully saturated rings. The Balaban J connectivity index is 1.68. The van der Waals surface area contributed by atoms with Crippen molar-refractivity contribution >= 4 is 43.1 Å². The van der Waals surface area contributed by atoms with Gasteiger partial charge in [0.1, 0.15) is 15.9 Å². The fourth-order valence-corrected chi connectivity index (χ4v) is 5.15. The monoisotopic (exact) mass is 418 g/mol. The summed E-state index contributed by atoms with van der Waals surface area (Å²) in [5.74, 6) is 1.23. The predicted octanol–water partition coefficient (Wildman–Crippen LogP) is 1.62. The van der Waals surface area contributed by atoms with E-state index in [1.807, 2.05) is 6.07 Å². The van der Waals surface area contributed by atoms with Crippen LogP contribution in [0.15, 0.2) is 32.4 Å². The fraction of sp³-hybridized carbons (Fsp3) is 0.385. The lowest BCUT2D eigenvalue weighted by atomic mass is 10.4. The molecule has 0 saturated carbocycles. The SMILES string of the molecule is O=S(=O)(NCc1nccc(N2CCOCC2)n1)c1ccc(Br)s1. The van der Waals surface area contributed by atoms with Crippen molar-refractivity contribution in [2.24, 2.45) is 0 Å². The largest absolute Gasteiger partial charge is 0.378 e. The molecular formula is C13H15BrN4O3S2. The number of hydrogen-bond acceptors (Lipinski definition) is 7. The summed E-state index contributed by atoms with van der Waals surface area (Å²) in [5, 5.41) is 0. The first-order chi connectivity index (χ1) is 11.0. The molecular weight excluding hydrogens is 404 g/mol. The third kappa shape index (κ3) is 4.27. The Morgan fingerprint density at radius 2 is 2.09 bits per heavy atom. The van der Waals surface area contributed by atoms with E-state index >= 15 is 0 Å². The van der Waals surface area contributed by atoms with Crippen molar-refractivity contribution in [3.05, 3.63) is 34.0 Å². The number of anilines is 1. The number of sulfonamides is 1. The Morgan fingerprint density at radius 3 is 2.78 bits per heavy atom. The highest BCUT2D eigenvalue weighted by Gasteiger charge is 2.18. The summed E-state index contributed by atoms with van der Waals surface area (Å²) >= 11 is 4.42. The van der Waals surface area contributed by atoms with E-state index in [0.29, 0.717) is 19.0 Å². The minimum Gasteiger partial charge on any atom is -0.378 e. The maximum atomic E-state index is 12.2. The highest BCUT2D eigenvalue weighted by Crippen LogP contribution is 2.25. The molecule has 1 N–H and O–H groups in total. The number of morpholine rings is 1. The number of ether oxygens (including phenoxy) is 1. The van der Waals surface area contributed by atoms with Gasteiger partial charge in [0.25, 0.3) is 0 Å². The molecule has 10 heteroatoms. The number of halogens is 1. The maximum Gasteiger partial charge on any atom is 0.250 e. The van der Waals surface area contributed by atoms with Crippen LogP contribution in [-0.2, 0) is 21.3 Å². The summed E-state index contributed by atoms with van der Waals surface area (Å²) in [6, 6.07) is 5.08. The van der Waals surface area contributed by atoms with E-state index < -0.39 is 10.0 Å². The van der Waals surface area contributed by atoms with Crippen LogP contribution in [0.2, 0.25) is 0 Å². The molecule has 1 aliphatic rings. The number of rotatable bonds is 5. The van der Waals surface area contributed by atoms with Crippen molar-refractivity contribution in [3.63, 3.8) is 0 Å². The highest BCUT2D eigenvalue weighted by atomic mass is 79.9. The van der Waals surface area contributed by atoms with Gasteiger partial charge in [-0.2, -0.15) is 0 Å². The van der Waals surface area contributed by atoms with Crippen molar-refractivity contribution in [1.29, 1.82) is 0 Å². The van der Waals surface area contributed by atoms with Gasteiger partial charge < -0.3 is 9.64 Å². The number of aromatic nitrogens is 2. The van der Waals surface area contributed by atoms with Crippen LogP contribution in [0.4, 0.5) is 5.82 Å². The third-order valence-electron chi connectivity index (χ3n) is 3.26. The topological polar surface area (TPSA) is 84.4 Å². The third-order valence-corrected chi connectivity index (χ3v) is 6.78. The average molecular weight is 419 g/mol. The number of hydrogen-bond donors (Lipinski definition) is 1. The van der Waals surface area contributed by atoms with E-state index in [2.05, 4.69) is 35.5 Å². The lowest BCUT2D eigenvalue weighted by Gasteiger charge is -2.27. The standard InChI is InChI=1S/C13H15BrN4O3S2/c14-10-1-2-13(22-10)23(19,20)16-9-11-15-4-3-12(17-11)18-5-7-21-8-6-18/h1-4,16H,5-9H2. The number of nitrogens with zero attached hydrogens (tertiary/aromatic N) is 3. The zero-order chi connectivity index (χ0) is 16.3. The van der Waals surface area contributed by atoms with Gasteiger partial charge in [0.05, 0.1) is 23.5 Å². The van der Waals surface area contributed by atoms with Crippen LogP contribution in [0.5, 0.6) is 0 Å². The van der Waals surface area contributed by atoms with Crippen molar-refractivity contribution in [1.82, 2.24) is 14.7 Å². The molecule has 0 amide bonds. The van der Waals surface area contributed by atoms with Crippen LogP contribution in [0.3, 0.4) is 0 Å². The Kier molecular flexibility index (Phi) is 5.27. The predicted molar refractivity (Wildman–Crippen MR) is 91.1 cm³/mol. The van der Waals surface area contributed by atoms with E-state index in [-0.39, 0.29) is 10.8 Å². The van der Waals surface area contributed by atoms with Crippen LogP contribution in [0, 0.1) is 0 Å². The van der Waals surface area contributed by atoms with Crippen LogP contribution in [-0.4, -0.2) is 44.7 Å². The normalized spacial score (nSPS) is 15.8. The van der Waals surface area contributed by atoms with Crippen molar-refractivity contribution in [2.75, 3.05) is 31.2 Å². The molecule has 0 atom stereocenters. The van der Waals surface area contributed by atoms with Crippen LogP contribution >= 0.6 is 27.3 Å². The van der Waals surface area contributed by atoms with Gasteiger partial charge in [0.2, 0.25) is 10.0 Å². The van der Waals surface area contributed by atoms with Crippen molar-refractivity contribution < 1.29 is 13.2 Å². The molecule has 1 saturated heterocycles. The lowest BCUT2D eigenvalue weighted by molar-refractivity contribution is 0.122. The van der Waals surface area contributed by atoms with Gasteiger partial charge >= 0.3 is 0 Å². The summed E-state index contributed by atoms with van der Waals surface area (Å²) in [5.41, 5.74) is 0. The zero-order valence-electron chi connectivity index (χ0n) is 12.1. The first-order valence-electron chi connectivity index (χ1n) is 6.94. The molecule has 0 bridgehead atoms. The van der Waals surface area contributed by atoms with Crippen molar-refractivity contribution in [3.8, 4) is 0 Å². The van der Waals surface area contributed by atoms with Gasteiger partial charge in [-0.1, -0.05) is 0 Å². The van der Waals surface area contributed by atoms with Gasteiger partial charge in [0.15, 0.2) is 0 Å². The van der Waals surface area contributed by atoms with Crippen LogP contribution in [0.1, 0.15) is 5.82 Å². The molecule has 0 spiro atoms.